The number of rotatable bonds is 5. The Hall–Kier alpha value is -2.73. The minimum atomic E-state index is -0.0223. The third-order valence-electron chi connectivity index (χ3n) is 4.65. The lowest BCUT2D eigenvalue weighted by Crippen LogP contribution is -2.48. The number of nitrogens with one attached hydrogen (secondary N) is 1. The first-order chi connectivity index (χ1) is 12.6. The van der Waals surface area contributed by atoms with Gasteiger partial charge in [-0.2, -0.15) is 0 Å². The van der Waals surface area contributed by atoms with Gasteiger partial charge >= 0.3 is 0 Å². The number of pyridine rings is 1. The maximum atomic E-state index is 12.6. The van der Waals surface area contributed by atoms with Crippen molar-refractivity contribution in [2.75, 3.05) is 38.0 Å². The van der Waals surface area contributed by atoms with Crippen LogP contribution in [0.4, 0.5) is 11.4 Å². The van der Waals surface area contributed by atoms with Gasteiger partial charge in [0, 0.05) is 37.4 Å². The van der Waals surface area contributed by atoms with E-state index in [1.807, 2.05) is 23.1 Å². The monoisotopic (exact) mass is 352 g/mol. The van der Waals surface area contributed by atoms with Crippen molar-refractivity contribution >= 4 is 23.1 Å². The quantitative estimate of drug-likeness (QED) is 0.838. The SMILES string of the molecule is CCN1CCN(C(=O)c2ccc(Nc3cccc(C(C)=O)c3)cn2)CC1. The molecule has 0 bridgehead atoms. The highest BCUT2D eigenvalue weighted by Crippen LogP contribution is 2.18. The Morgan fingerprint density at radius 2 is 1.85 bits per heavy atom. The number of hydrogen-bond donors (Lipinski definition) is 1. The van der Waals surface area contributed by atoms with Crippen LogP contribution >= 0.6 is 0 Å². The summed E-state index contributed by atoms with van der Waals surface area (Å²) in [4.78, 5) is 32.5. The molecule has 1 aliphatic heterocycles. The Morgan fingerprint density at radius 3 is 2.46 bits per heavy atom. The molecule has 0 spiro atoms. The molecule has 1 amide bonds. The fourth-order valence-electron chi connectivity index (χ4n) is 3.01. The zero-order chi connectivity index (χ0) is 18.5. The van der Waals surface area contributed by atoms with Crippen molar-refractivity contribution in [1.29, 1.82) is 0 Å². The van der Waals surface area contributed by atoms with Crippen molar-refractivity contribution in [3.63, 3.8) is 0 Å². The standard InChI is InChI=1S/C20H24N4O2/c1-3-23-9-11-24(12-10-23)20(26)19-8-7-18(14-21-19)22-17-6-4-5-16(13-17)15(2)25/h4-8,13-14,22H,3,9-12H2,1-2H3. The van der Waals surface area contributed by atoms with Crippen LogP contribution < -0.4 is 5.32 Å². The summed E-state index contributed by atoms with van der Waals surface area (Å²) in [5.74, 6) is 0.00164. The molecule has 2 heterocycles. The summed E-state index contributed by atoms with van der Waals surface area (Å²) in [5, 5.41) is 3.21. The number of hydrogen-bond acceptors (Lipinski definition) is 5. The maximum Gasteiger partial charge on any atom is 0.272 e. The van der Waals surface area contributed by atoms with Gasteiger partial charge in [0.15, 0.2) is 5.78 Å². The molecule has 0 atom stereocenters. The van der Waals surface area contributed by atoms with E-state index in [0.717, 1.165) is 44.1 Å². The van der Waals surface area contributed by atoms with Crippen molar-refractivity contribution < 1.29 is 9.59 Å². The molecule has 26 heavy (non-hydrogen) atoms. The predicted molar refractivity (Wildman–Crippen MR) is 102 cm³/mol. The summed E-state index contributed by atoms with van der Waals surface area (Å²) < 4.78 is 0. The summed E-state index contributed by atoms with van der Waals surface area (Å²) >= 11 is 0. The minimum absolute atomic E-state index is 0.0223. The lowest BCUT2D eigenvalue weighted by molar-refractivity contribution is 0.0637. The van der Waals surface area contributed by atoms with Crippen LogP contribution in [-0.4, -0.2) is 59.2 Å². The number of anilines is 2. The first-order valence-corrected chi connectivity index (χ1v) is 8.92. The summed E-state index contributed by atoms with van der Waals surface area (Å²) in [5.41, 5.74) is 2.70. The molecule has 1 fully saturated rings. The lowest BCUT2D eigenvalue weighted by Gasteiger charge is -2.33. The normalized spacial score (nSPS) is 14.9. The third-order valence-corrected chi connectivity index (χ3v) is 4.65. The molecule has 6 nitrogen and oxygen atoms in total. The van der Waals surface area contributed by atoms with E-state index in [2.05, 4.69) is 22.1 Å². The number of carbonyl (C=O) groups is 2. The molecule has 0 radical (unpaired) electrons. The lowest BCUT2D eigenvalue weighted by atomic mass is 10.1. The van der Waals surface area contributed by atoms with Crippen LogP contribution in [0.3, 0.4) is 0 Å². The van der Waals surface area contributed by atoms with E-state index < -0.39 is 0 Å². The zero-order valence-electron chi connectivity index (χ0n) is 15.2. The summed E-state index contributed by atoms with van der Waals surface area (Å²) in [6.45, 7) is 8.00. The average molecular weight is 352 g/mol. The van der Waals surface area contributed by atoms with Crippen LogP contribution in [0.1, 0.15) is 34.7 Å². The number of likely N-dealkylation sites (N-methyl/N-ethyl adjacent to an activating group) is 1. The summed E-state index contributed by atoms with van der Waals surface area (Å²) in [7, 11) is 0. The Balaban J connectivity index is 1.64. The van der Waals surface area contributed by atoms with Gasteiger partial charge in [0.05, 0.1) is 11.9 Å². The third kappa shape index (κ3) is 4.26. The smallest absolute Gasteiger partial charge is 0.272 e. The molecule has 1 N–H and O–H groups in total. The number of Topliss-reactive ketones (excluding diaryl/α,β-unsaturated/α-hetero) is 1. The van der Waals surface area contributed by atoms with Gasteiger partial charge in [-0.1, -0.05) is 19.1 Å². The molecule has 2 aromatic rings. The van der Waals surface area contributed by atoms with Gasteiger partial charge in [-0.25, -0.2) is 4.98 Å². The second-order valence-corrected chi connectivity index (χ2v) is 6.42. The number of amides is 1. The van der Waals surface area contributed by atoms with Gasteiger partial charge in [0.1, 0.15) is 5.69 Å². The largest absolute Gasteiger partial charge is 0.354 e. The van der Waals surface area contributed by atoms with Crippen LogP contribution in [0.5, 0.6) is 0 Å². The highest BCUT2D eigenvalue weighted by atomic mass is 16.2. The van der Waals surface area contributed by atoms with Crippen molar-refractivity contribution in [2.45, 2.75) is 13.8 Å². The van der Waals surface area contributed by atoms with Crippen molar-refractivity contribution in [1.82, 2.24) is 14.8 Å². The Kier molecular flexibility index (Phi) is 5.63. The van der Waals surface area contributed by atoms with Gasteiger partial charge in [0.2, 0.25) is 0 Å². The van der Waals surface area contributed by atoms with E-state index in [9.17, 15) is 9.59 Å². The molecular formula is C20H24N4O2. The molecule has 1 saturated heterocycles. The van der Waals surface area contributed by atoms with Gasteiger partial charge in [0.25, 0.3) is 5.91 Å². The van der Waals surface area contributed by atoms with E-state index in [0.29, 0.717) is 11.3 Å². The number of aromatic nitrogens is 1. The fraction of sp³-hybridized carbons (Fsp3) is 0.350. The molecular weight excluding hydrogens is 328 g/mol. The Labute approximate surface area is 153 Å². The minimum Gasteiger partial charge on any atom is -0.354 e. The fourth-order valence-corrected chi connectivity index (χ4v) is 3.01. The van der Waals surface area contributed by atoms with Gasteiger partial charge < -0.3 is 15.1 Å². The van der Waals surface area contributed by atoms with E-state index in [-0.39, 0.29) is 11.7 Å². The summed E-state index contributed by atoms with van der Waals surface area (Å²) in [6, 6.07) is 10.9. The van der Waals surface area contributed by atoms with E-state index >= 15 is 0 Å². The molecule has 0 unspecified atom stereocenters. The van der Waals surface area contributed by atoms with Crippen LogP contribution in [0.15, 0.2) is 42.6 Å². The van der Waals surface area contributed by atoms with E-state index in [4.69, 9.17) is 0 Å². The van der Waals surface area contributed by atoms with Crippen LogP contribution in [0, 0.1) is 0 Å². The topological polar surface area (TPSA) is 65.5 Å². The van der Waals surface area contributed by atoms with Gasteiger partial charge in [-0.3, -0.25) is 9.59 Å². The number of benzene rings is 1. The zero-order valence-corrected chi connectivity index (χ0v) is 15.2. The van der Waals surface area contributed by atoms with Crippen LogP contribution in [0.25, 0.3) is 0 Å². The second kappa shape index (κ2) is 8.10. The molecule has 1 aromatic heterocycles. The molecule has 6 heteroatoms. The highest BCUT2D eigenvalue weighted by Gasteiger charge is 2.22. The van der Waals surface area contributed by atoms with Crippen molar-refractivity contribution in [3.05, 3.63) is 53.9 Å². The molecule has 1 aromatic carbocycles. The second-order valence-electron chi connectivity index (χ2n) is 6.42. The Morgan fingerprint density at radius 1 is 1.08 bits per heavy atom. The number of carbonyl (C=O) groups excluding carboxylic acids is 2. The van der Waals surface area contributed by atoms with E-state index in [1.54, 1.807) is 31.3 Å². The van der Waals surface area contributed by atoms with Gasteiger partial charge in [-0.05, 0) is 37.7 Å². The first kappa shape index (κ1) is 18.1. The van der Waals surface area contributed by atoms with E-state index in [1.165, 1.54) is 0 Å². The first-order valence-electron chi connectivity index (χ1n) is 8.92. The Bertz CT molecular complexity index is 781. The van der Waals surface area contributed by atoms with Gasteiger partial charge in [-0.15, -0.1) is 0 Å². The number of piperazine rings is 1. The molecule has 0 aliphatic carbocycles. The van der Waals surface area contributed by atoms with Crippen molar-refractivity contribution in [2.24, 2.45) is 0 Å². The molecule has 3 rings (SSSR count). The molecule has 136 valence electrons. The summed E-state index contributed by atoms with van der Waals surface area (Å²) in [6.07, 6.45) is 1.65. The van der Waals surface area contributed by atoms with Crippen LogP contribution in [0.2, 0.25) is 0 Å². The molecule has 1 aliphatic rings. The van der Waals surface area contributed by atoms with Crippen molar-refractivity contribution in [3.8, 4) is 0 Å². The number of nitrogens with zero attached hydrogens (tertiary/aromatic N) is 3. The average Bonchev–Trinajstić information content (AvgIpc) is 2.68. The molecule has 0 saturated carbocycles. The highest BCUT2D eigenvalue weighted by molar-refractivity contribution is 5.95. The maximum absolute atomic E-state index is 12.6. The predicted octanol–water partition coefficient (Wildman–Crippen LogP) is 2.81. The number of ketones is 1. The van der Waals surface area contributed by atoms with Crippen LogP contribution in [-0.2, 0) is 0 Å².